The minimum Gasteiger partial charge on any atom is -0.507 e. The zero-order chi connectivity index (χ0) is 29.7. The molecule has 0 bridgehead atoms. The second-order valence-electron chi connectivity index (χ2n) is 10.9. The Bertz CT molecular complexity index is 1910. The van der Waals surface area contributed by atoms with Gasteiger partial charge in [0.1, 0.15) is 30.0 Å². The molecule has 1 saturated heterocycles. The van der Waals surface area contributed by atoms with Crippen LogP contribution in [0, 0.1) is 6.92 Å². The Morgan fingerprint density at radius 2 is 1.81 bits per heavy atom. The van der Waals surface area contributed by atoms with Gasteiger partial charge in [-0.1, -0.05) is 59.9 Å². The van der Waals surface area contributed by atoms with E-state index in [2.05, 4.69) is 0 Å². The lowest BCUT2D eigenvalue weighted by Gasteiger charge is -2.23. The maximum atomic E-state index is 13.7. The van der Waals surface area contributed by atoms with Crippen LogP contribution in [0.25, 0.3) is 16.0 Å². The Hall–Kier alpha value is -4.95. The van der Waals surface area contributed by atoms with Crippen molar-refractivity contribution in [3.05, 3.63) is 124 Å². The number of aliphatic hydroxyl groups is 1. The Morgan fingerprint density at radius 1 is 1.02 bits per heavy atom. The van der Waals surface area contributed by atoms with E-state index in [-0.39, 0.29) is 17.4 Å². The number of benzene rings is 4. The summed E-state index contributed by atoms with van der Waals surface area (Å²) in [6, 6.07) is 27.5. The first-order valence-corrected chi connectivity index (χ1v) is 14.9. The first kappa shape index (κ1) is 26.9. The number of ketones is 1. The number of aryl methyl sites for hydroxylation is 1. The Balaban J connectivity index is 1.31. The van der Waals surface area contributed by atoms with Crippen LogP contribution >= 0.6 is 11.3 Å². The van der Waals surface area contributed by atoms with Gasteiger partial charge in [0.15, 0.2) is 5.13 Å². The summed E-state index contributed by atoms with van der Waals surface area (Å²) >= 11 is 1.34. The molecule has 3 heterocycles. The van der Waals surface area contributed by atoms with E-state index in [0.29, 0.717) is 35.0 Å². The maximum Gasteiger partial charge on any atom is 0.301 e. The minimum absolute atomic E-state index is 0.0188. The Morgan fingerprint density at radius 3 is 2.60 bits per heavy atom. The molecule has 1 N–H and O–H groups in total. The van der Waals surface area contributed by atoms with Crippen molar-refractivity contribution >= 4 is 44.1 Å². The molecule has 7 rings (SSSR count). The molecule has 1 fully saturated rings. The zero-order valence-electron chi connectivity index (χ0n) is 23.6. The summed E-state index contributed by atoms with van der Waals surface area (Å²) in [7, 11) is 0. The quantitative estimate of drug-likeness (QED) is 0.129. The van der Waals surface area contributed by atoms with E-state index in [1.54, 1.807) is 12.1 Å². The molecule has 7 nitrogen and oxygen atoms in total. The summed E-state index contributed by atoms with van der Waals surface area (Å²) in [5, 5.41) is 12.0. The SMILES string of the molecule is Cc1ccc2nc(N3C(=O)C(=O)/C(=C(\O)c4ccc5c(c4)CC(C)O5)C3c3ccc(OCc4ccccc4)cc3)sc2c1. The van der Waals surface area contributed by atoms with E-state index >= 15 is 0 Å². The van der Waals surface area contributed by atoms with Crippen LogP contribution in [0.4, 0.5) is 5.13 Å². The van der Waals surface area contributed by atoms with Crippen molar-refractivity contribution in [2.75, 3.05) is 4.90 Å². The molecule has 1 aromatic heterocycles. The van der Waals surface area contributed by atoms with Gasteiger partial charge in [-0.2, -0.15) is 0 Å². The average Bonchev–Trinajstić information content (AvgIpc) is 3.68. The van der Waals surface area contributed by atoms with Crippen LogP contribution in [-0.4, -0.2) is 27.9 Å². The summed E-state index contributed by atoms with van der Waals surface area (Å²) < 4.78 is 12.7. The molecule has 5 aromatic rings. The monoisotopic (exact) mass is 588 g/mol. The smallest absolute Gasteiger partial charge is 0.301 e. The number of thiazole rings is 1. The summed E-state index contributed by atoms with van der Waals surface area (Å²) in [5.74, 6) is -0.309. The normalized spacial score (nSPS) is 19.1. The van der Waals surface area contributed by atoms with Crippen LogP contribution in [0.3, 0.4) is 0 Å². The summed E-state index contributed by atoms with van der Waals surface area (Å²) in [5.41, 5.74) is 4.93. The molecule has 0 radical (unpaired) electrons. The van der Waals surface area contributed by atoms with Crippen molar-refractivity contribution in [1.29, 1.82) is 0 Å². The highest BCUT2D eigenvalue weighted by Gasteiger charge is 2.48. The molecular weight excluding hydrogens is 560 g/mol. The second-order valence-corrected chi connectivity index (χ2v) is 11.9. The molecule has 2 atom stereocenters. The van der Waals surface area contributed by atoms with E-state index in [1.165, 1.54) is 16.2 Å². The standard InChI is InChI=1S/C35H28N2O5S/c1-20-8-14-27-29(16-20)43-35(36-27)37-31(23-9-12-26(13-10-23)41-19-22-6-4-3-5-7-22)30(33(39)34(37)40)32(38)24-11-15-28-25(18-24)17-21(2)42-28/h3-16,18,21,31,38H,17,19H2,1-2H3/b32-30-. The number of aliphatic hydroxyl groups excluding tert-OH is 1. The molecule has 1 amide bonds. The number of carbonyl (C=O) groups excluding carboxylic acids is 2. The maximum absolute atomic E-state index is 13.7. The van der Waals surface area contributed by atoms with Crippen molar-refractivity contribution in [2.45, 2.75) is 39.0 Å². The van der Waals surface area contributed by atoms with Crippen LogP contribution in [0.15, 0.2) is 96.6 Å². The highest BCUT2D eigenvalue weighted by molar-refractivity contribution is 7.22. The summed E-state index contributed by atoms with van der Waals surface area (Å²) in [6.45, 7) is 4.39. The number of rotatable bonds is 6. The third-order valence-electron chi connectivity index (χ3n) is 7.80. The molecule has 2 aliphatic rings. The molecule has 2 aliphatic heterocycles. The summed E-state index contributed by atoms with van der Waals surface area (Å²) in [6.07, 6.45) is 0.729. The van der Waals surface area contributed by atoms with E-state index in [4.69, 9.17) is 14.5 Å². The number of amides is 1. The molecule has 214 valence electrons. The first-order valence-electron chi connectivity index (χ1n) is 14.1. The molecule has 0 spiro atoms. The van der Waals surface area contributed by atoms with Gasteiger partial charge in [0.05, 0.1) is 21.8 Å². The number of hydrogen-bond donors (Lipinski definition) is 1. The average molecular weight is 589 g/mol. The lowest BCUT2D eigenvalue weighted by Crippen LogP contribution is -2.29. The minimum atomic E-state index is -0.881. The number of Topliss-reactive ketones (excluding diaryl/α,β-unsaturated/α-hetero) is 1. The highest BCUT2D eigenvalue weighted by atomic mass is 32.1. The van der Waals surface area contributed by atoms with Crippen molar-refractivity contribution in [3.63, 3.8) is 0 Å². The van der Waals surface area contributed by atoms with Crippen molar-refractivity contribution < 1.29 is 24.2 Å². The summed E-state index contributed by atoms with van der Waals surface area (Å²) in [4.78, 5) is 33.5. The lowest BCUT2D eigenvalue weighted by molar-refractivity contribution is -0.132. The largest absolute Gasteiger partial charge is 0.507 e. The van der Waals surface area contributed by atoms with Crippen LogP contribution < -0.4 is 14.4 Å². The van der Waals surface area contributed by atoms with Gasteiger partial charge in [0.25, 0.3) is 5.78 Å². The van der Waals surface area contributed by atoms with E-state index in [9.17, 15) is 14.7 Å². The van der Waals surface area contributed by atoms with Crippen LogP contribution in [0.5, 0.6) is 11.5 Å². The van der Waals surface area contributed by atoms with Crippen LogP contribution in [0.2, 0.25) is 0 Å². The van der Waals surface area contributed by atoms with Gasteiger partial charge in [-0.3, -0.25) is 14.5 Å². The first-order chi connectivity index (χ1) is 20.9. The number of anilines is 1. The van der Waals surface area contributed by atoms with Gasteiger partial charge in [0, 0.05) is 12.0 Å². The predicted octanol–water partition coefficient (Wildman–Crippen LogP) is 7.13. The molecule has 2 unspecified atom stereocenters. The van der Waals surface area contributed by atoms with E-state index < -0.39 is 17.7 Å². The van der Waals surface area contributed by atoms with Gasteiger partial charge in [0.2, 0.25) is 0 Å². The number of nitrogens with zero attached hydrogens (tertiary/aromatic N) is 2. The molecule has 8 heteroatoms. The third-order valence-corrected chi connectivity index (χ3v) is 8.81. The Kier molecular flexibility index (Phi) is 6.70. The van der Waals surface area contributed by atoms with Gasteiger partial charge in [-0.15, -0.1) is 0 Å². The van der Waals surface area contributed by atoms with Crippen LogP contribution in [0.1, 0.15) is 40.8 Å². The van der Waals surface area contributed by atoms with Crippen molar-refractivity contribution in [3.8, 4) is 11.5 Å². The third kappa shape index (κ3) is 4.93. The van der Waals surface area contributed by atoms with Crippen LogP contribution in [-0.2, 0) is 22.6 Å². The van der Waals surface area contributed by atoms with Crippen molar-refractivity contribution in [1.82, 2.24) is 4.98 Å². The fraction of sp³-hybridized carbons (Fsp3) is 0.171. The fourth-order valence-electron chi connectivity index (χ4n) is 5.68. The number of fused-ring (bicyclic) bond motifs is 2. The second kappa shape index (κ2) is 10.7. The molecule has 0 aliphatic carbocycles. The number of hydrogen-bond acceptors (Lipinski definition) is 7. The number of aromatic nitrogens is 1. The lowest BCUT2D eigenvalue weighted by atomic mass is 9.94. The molecule has 0 saturated carbocycles. The topological polar surface area (TPSA) is 89.0 Å². The number of carbonyl (C=O) groups is 2. The van der Waals surface area contributed by atoms with E-state index in [1.807, 2.05) is 92.7 Å². The molecule has 4 aromatic carbocycles. The molecular formula is C35H28N2O5S. The van der Waals surface area contributed by atoms with Gasteiger partial charge in [-0.25, -0.2) is 4.98 Å². The highest BCUT2D eigenvalue weighted by Crippen LogP contribution is 2.45. The van der Waals surface area contributed by atoms with Gasteiger partial charge in [-0.05, 0) is 78.6 Å². The predicted molar refractivity (Wildman–Crippen MR) is 167 cm³/mol. The van der Waals surface area contributed by atoms with E-state index in [0.717, 1.165) is 32.7 Å². The fourth-order valence-corrected chi connectivity index (χ4v) is 6.77. The number of ether oxygens (including phenoxy) is 2. The van der Waals surface area contributed by atoms with Gasteiger partial charge < -0.3 is 14.6 Å². The Labute approximate surface area is 252 Å². The zero-order valence-corrected chi connectivity index (χ0v) is 24.4. The molecule has 43 heavy (non-hydrogen) atoms. The van der Waals surface area contributed by atoms with Gasteiger partial charge >= 0.3 is 5.91 Å². The van der Waals surface area contributed by atoms with Crippen molar-refractivity contribution in [2.24, 2.45) is 0 Å².